The minimum Gasteiger partial charge on any atom is -0.371 e. The number of pyridine rings is 1. The van der Waals surface area contributed by atoms with Crippen LogP contribution in [0.3, 0.4) is 0 Å². The van der Waals surface area contributed by atoms with Crippen LogP contribution in [-0.2, 0) is 6.42 Å². The van der Waals surface area contributed by atoms with Gasteiger partial charge in [-0.25, -0.2) is 9.97 Å². The Bertz CT molecular complexity index is 1040. The second-order valence-electron chi connectivity index (χ2n) is 7.85. The van der Waals surface area contributed by atoms with Crippen molar-refractivity contribution in [3.05, 3.63) is 77.3 Å². The van der Waals surface area contributed by atoms with Crippen LogP contribution in [0.2, 0.25) is 0 Å². The molecule has 7 nitrogen and oxygen atoms in total. The summed E-state index contributed by atoms with van der Waals surface area (Å²) >= 11 is 0. The zero-order chi connectivity index (χ0) is 21.5. The number of aryl methyl sites for hydroxylation is 1. The highest BCUT2D eigenvalue weighted by atomic mass is 15.1. The Morgan fingerprint density at radius 1 is 1.29 bits per heavy atom. The first-order chi connectivity index (χ1) is 15.2. The summed E-state index contributed by atoms with van der Waals surface area (Å²) in [6.45, 7) is 2.69. The van der Waals surface area contributed by atoms with E-state index < -0.39 is 0 Å². The number of allylic oxidation sites excluding steroid dienone is 4. The van der Waals surface area contributed by atoms with Gasteiger partial charge in [0.15, 0.2) is 0 Å². The molecule has 31 heavy (non-hydrogen) atoms. The minimum atomic E-state index is 0.417. The van der Waals surface area contributed by atoms with Crippen molar-refractivity contribution in [2.45, 2.75) is 45.1 Å². The average molecular weight is 414 g/mol. The lowest BCUT2D eigenvalue weighted by Gasteiger charge is -2.19. The van der Waals surface area contributed by atoms with Gasteiger partial charge in [-0.05, 0) is 55.5 Å². The van der Waals surface area contributed by atoms with Gasteiger partial charge in [-0.3, -0.25) is 4.98 Å². The first-order valence-electron chi connectivity index (χ1n) is 10.8. The van der Waals surface area contributed by atoms with Crippen LogP contribution in [0.4, 0.5) is 5.95 Å². The van der Waals surface area contributed by atoms with Crippen LogP contribution < -0.4 is 16.0 Å². The van der Waals surface area contributed by atoms with E-state index >= 15 is 0 Å². The number of hydrogen-bond donors (Lipinski definition) is 3. The summed E-state index contributed by atoms with van der Waals surface area (Å²) in [5.74, 6) is 1.44. The molecule has 0 radical (unpaired) electrons. The molecule has 2 aromatic rings. The second-order valence-corrected chi connectivity index (χ2v) is 7.85. The average Bonchev–Trinajstić information content (AvgIpc) is 3.31. The summed E-state index contributed by atoms with van der Waals surface area (Å²) in [7, 11) is 0. The van der Waals surface area contributed by atoms with Crippen molar-refractivity contribution < 1.29 is 0 Å². The summed E-state index contributed by atoms with van der Waals surface area (Å²) in [5.41, 5.74) is 3.93. The van der Waals surface area contributed by atoms with Crippen LogP contribution in [0.5, 0.6) is 0 Å². The predicted molar refractivity (Wildman–Crippen MR) is 121 cm³/mol. The molecule has 0 saturated heterocycles. The Morgan fingerprint density at radius 2 is 2.16 bits per heavy atom. The maximum absolute atomic E-state index is 9.93. The van der Waals surface area contributed by atoms with Crippen molar-refractivity contribution in [2.75, 3.05) is 11.9 Å². The lowest BCUT2D eigenvalue weighted by molar-refractivity contribution is 0.729. The molecule has 0 amide bonds. The fourth-order valence-corrected chi connectivity index (χ4v) is 3.86. The Morgan fingerprint density at radius 3 is 2.94 bits per heavy atom. The molecule has 0 spiro atoms. The van der Waals surface area contributed by atoms with Crippen molar-refractivity contribution >= 4 is 11.5 Å². The van der Waals surface area contributed by atoms with E-state index in [2.05, 4.69) is 43.0 Å². The zero-order valence-electron chi connectivity index (χ0n) is 17.7. The molecule has 7 heteroatoms. The summed E-state index contributed by atoms with van der Waals surface area (Å²) in [5, 5.41) is 20.1. The van der Waals surface area contributed by atoms with Crippen molar-refractivity contribution in [3.8, 4) is 6.07 Å². The Labute approximate surface area is 183 Å². The van der Waals surface area contributed by atoms with E-state index in [1.807, 2.05) is 37.4 Å². The third-order valence-electron chi connectivity index (χ3n) is 5.53. The Kier molecular flexibility index (Phi) is 6.58. The number of anilines is 1. The molecule has 1 aliphatic carbocycles. The normalized spacial score (nSPS) is 17.5. The number of rotatable bonds is 7. The van der Waals surface area contributed by atoms with E-state index in [-0.39, 0.29) is 0 Å². The third kappa shape index (κ3) is 5.28. The first-order valence-corrected chi connectivity index (χ1v) is 10.8. The smallest absolute Gasteiger partial charge is 0.223 e. The van der Waals surface area contributed by atoms with Gasteiger partial charge in [0.1, 0.15) is 17.5 Å². The predicted octanol–water partition coefficient (Wildman–Crippen LogP) is 3.60. The van der Waals surface area contributed by atoms with Gasteiger partial charge in [-0.1, -0.05) is 25.0 Å². The summed E-state index contributed by atoms with van der Waals surface area (Å²) in [6, 6.07) is 6.76. The number of nitrogens with zero attached hydrogens (tertiary/aromatic N) is 4. The molecule has 0 bridgehead atoms. The number of aromatic nitrogens is 3. The molecule has 4 rings (SSSR count). The number of hydrogen-bond acceptors (Lipinski definition) is 7. The van der Waals surface area contributed by atoms with Crippen molar-refractivity contribution in [2.24, 2.45) is 0 Å². The van der Waals surface area contributed by atoms with Crippen LogP contribution in [0.1, 0.15) is 42.5 Å². The SMILES string of the molecule is Cc1cnc(NC2CCCC2)nc1/C(C#N)=C1/C=CC=C(NCCc2cccnc2)N1. The van der Waals surface area contributed by atoms with E-state index in [1.165, 1.54) is 18.4 Å². The Hall–Kier alpha value is -3.66. The molecule has 3 N–H and O–H groups in total. The van der Waals surface area contributed by atoms with E-state index in [0.717, 1.165) is 42.9 Å². The van der Waals surface area contributed by atoms with E-state index in [0.29, 0.717) is 23.3 Å². The third-order valence-corrected chi connectivity index (χ3v) is 5.53. The number of dihydropyridines is 1. The van der Waals surface area contributed by atoms with E-state index in [4.69, 9.17) is 0 Å². The van der Waals surface area contributed by atoms with E-state index in [9.17, 15) is 5.26 Å². The van der Waals surface area contributed by atoms with Gasteiger partial charge >= 0.3 is 0 Å². The number of nitriles is 1. The van der Waals surface area contributed by atoms with Crippen molar-refractivity contribution in [1.29, 1.82) is 5.26 Å². The van der Waals surface area contributed by atoms with Crippen molar-refractivity contribution in [1.82, 2.24) is 25.6 Å². The standard InChI is InChI=1S/C24H27N7/c1-17-15-28-24(29-19-7-2-3-8-19)31-23(17)20(14-25)21-9-4-10-22(30-21)27-13-11-18-6-5-12-26-16-18/h4-6,9-10,12,15-16,19,27,30H,2-3,7-8,11,13H2,1H3,(H,28,29,31)/b21-20-. The van der Waals surface area contributed by atoms with Crippen LogP contribution in [-0.4, -0.2) is 27.5 Å². The quantitative estimate of drug-likeness (QED) is 0.597. The maximum Gasteiger partial charge on any atom is 0.223 e. The molecule has 0 aromatic carbocycles. The first kappa shape index (κ1) is 20.6. The molecule has 1 aliphatic heterocycles. The van der Waals surface area contributed by atoms with Crippen LogP contribution in [0.15, 0.2) is 60.5 Å². The van der Waals surface area contributed by atoms with Gasteiger partial charge in [-0.15, -0.1) is 0 Å². The minimum absolute atomic E-state index is 0.417. The fourth-order valence-electron chi connectivity index (χ4n) is 3.86. The van der Waals surface area contributed by atoms with Gasteiger partial charge in [0, 0.05) is 31.2 Å². The molecule has 158 valence electrons. The van der Waals surface area contributed by atoms with Crippen LogP contribution >= 0.6 is 0 Å². The molecule has 0 atom stereocenters. The lowest BCUT2D eigenvalue weighted by atomic mass is 10.1. The Balaban J connectivity index is 1.47. The number of nitrogens with one attached hydrogen (secondary N) is 3. The zero-order valence-corrected chi connectivity index (χ0v) is 17.7. The molecular weight excluding hydrogens is 386 g/mol. The molecule has 1 saturated carbocycles. The molecule has 3 heterocycles. The maximum atomic E-state index is 9.93. The van der Waals surface area contributed by atoms with Crippen LogP contribution in [0.25, 0.3) is 5.57 Å². The topological polar surface area (TPSA) is 98.5 Å². The molecule has 2 aliphatic rings. The summed E-state index contributed by atoms with van der Waals surface area (Å²) in [6.07, 6.45) is 16.8. The van der Waals surface area contributed by atoms with Gasteiger partial charge in [0.05, 0.1) is 11.4 Å². The monoisotopic (exact) mass is 413 g/mol. The molecule has 0 unspecified atom stereocenters. The van der Waals surface area contributed by atoms with Gasteiger partial charge in [-0.2, -0.15) is 5.26 Å². The van der Waals surface area contributed by atoms with Gasteiger partial charge in [0.2, 0.25) is 5.95 Å². The second kappa shape index (κ2) is 9.90. The highest BCUT2D eigenvalue weighted by molar-refractivity contribution is 5.81. The van der Waals surface area contributed by atoms with E-state index in [1.54, 1.807) is 12.4 Å². The largest absolute Gasteiger partial charge is 0.371 e. The van der Waals surface area contributed by atoms with Gasteiger partial charge < -0.3 is 16.0 Å². The van der Waals surface area contributed by atoms with Gasteiger partial charge in [0.25, 0.3) is 0 Å². The summed E-state index contributed by atoms with van der Waals surface area (Å²) < 4.78 is 0. The van der Waals surface area contributed by atoms with Crippen LogP contribution in [0, 0.1) is 18.3 Å². The van der Waals surface area contributed by atoms with Crippen molar-refractivity contribution in [3.63, 3.8) is 0 Å². The molecule has 2 aromatic heterocycles. The highest BCUT2D eigenvalue weighted by Gasteiger charge is 2.19. The molecular formula is C24H27N7. The highest BCUT2D eigenvalue weighted by Crippen LogP contribution is 2.24. The summed E-state index contributed by atoms with van der Waals surface area (Å²) in [4.78, 5) is 13.3. The lowest BCUT2D eigenvalue weighted by Crippen LogP contribution is -2.29. The fraction of sp³-hybridized carbons (Fsp3) is 0.333. The molecule has 1 fully saturated rings.